The number of halogens is 2. The molecule has 2 rings (SSSR count). The van der Waals surface area contributed by atoms with Crippen molar-refractivity contribution < 1.29 is 9.90 Å². The second-order valence-corrected chi connectivity index (χ2v) is 5.10. The van der Waals surface area contributed by atoms with Crippen LogP contribution in [0.1, 0.15) is 22.0 Å². The highest BCUT2D eigenvalue weighted by Gasteiger charge is 2.13. The van der Waals surface area contributed by atoms with Gasteiger partial charge in [0.2, 0.25) is 0 Å². The largest absolute Gasteiger partial charge is 0.387 e. The molecule has 0 fully saturated rings. The minimum absolute atomic E-state index is 0.0785. The molecule has 1 atom stereocenters. The van der Waals surface area contributed by atoms with Crippen molar-refractivity contribution in [2.75, 3.05) is 6.54 Å². The summed E-state index contributed by atoms with van der Waals surface area (Å²) in [6.07, 6.45) is -0.882. The van der Waals surface area contributed by atoms with Crippen molar-refractivity contribution in [1.29, 1.82) is 0 Å². The molecule has 0 heterocycles. The Kier molecular flexibility index (Phi) is 5.01. The van der Waals surface area contributed by atoms with E-state index >= 15 is 0 Å². The van der Waals surface area contributed by atoms with Crippen LogP contribution in [0.4, 0.5) is 0 Å². The van der Waals surface area contributed by atoms with Gasteiger partial charge >= 0.3 is 0 Å². The van der Waals surface area contributed by atoms with Gasteiger partial charge in [-0.2, -0.15) is 0 Å². The zero-order valence-electron chi connectivity index (χ0n) is 10.5. The van der Waals surface area contributed by atoms with Crippen molar-refractivity contribution in [2.24, 2.45) is 0 Å². The van der Waals surface area contributed by atoms with Crippen LogP contribution in [-0.2, 0) is 0 Å². The average molecular weight is 310 g/mol. The molecule has 20 heavy (non-hydrogen) atoms. The number of hydrogen-bond acceptors (Lipinski definition) is 2. The van der Waals surface area contributed by atoms with Crippen molar-refractivity contribution in [2.45, 2.75) is 6.10 Å². The van der Waals surface area contributed by atoms with Crippen LogP contribution < -0.4 is 5.32 Å². The van der Waals surface area contributed by atoms with Crippen molar-refractivity contribution in [3.8, 4) is 0 Å². The first-order chi connectivity index (χ1) is 9.58. The Morgan fingerprint density at radius 2 is 1.85 bits per heavy atom. The zero-order valence-corrected chi connectivity index (χ0v) is 12.0. The van der Waals surface area contributed by atoms with E-state index in [9.17, 15) is 9.90 Å². The normalized spacial score (nSPS) is 11.9. The molecule has 104 valence electrons. The molecule has 3 nitrogen and oxygen atoms in total. The highest BCUT2D eigenvalue weighted by molar-refractivity contribution is 6.35. The summed E-state index contributed by atoms with van der Waals surface area (Å²) in [7, 11) is 0. The number of nitrogens with one attached hydrogen (secondary N) is 1. The third-order valence-electron chi connectivity index (χ3n) is 2.81. The quantitative estimate of drug-likeness (QED) is 0.908. The maximum atomic E-state index is 11.8. The molecule has 2 aromatic carbocycles. The molecule has 0 saturated carbocycles. The summed E-state index contributed by atoms with van der Waals surface area (Å²) < 4.78 is 0. The minimum Gasteiger partial charge on any atom is -0.387 e. The van der Waals surface area contributed by atoms with Gasteiger partial charge in [0.25, 0.3) is 5.91 Å². The molecule has 1 unspecified atom stereocenters. The first kappa shape index (κ1) is 14.9. The van der Waals surface area contributed by atoms with Crippen LogP contribution in [0.3, 0.4) is 0 Å². The molecule has 0 radical (unpaired) electrons. The molecular formula is C15H13Cl2NO2. The summed E-state index contributed by atoms with van der Waals surface area (Å²) in [5.74, 6) is -0.241. The fourth-order valence-electron chi connectivity index (χ4n) is 1.76. The summed E-state index contributed by atoms with van der Waals surface area (Å²) in [5, 5.41) is 13.6. The first-order valence-electron chi connectivity index (χ1n) is 6.04. The van der Waals surface area contributed by atoms with Crippen LogP contribution in [-0.4, -0.2) is 17.6 Å². The van der Waals surface area contributed by atoms with E-state index in [1.165, 1.54) is 0 Å². The molecular weight excluding hydrogens is 297 g/mol. The summed E-state index contributed by atoms with van der Waals surface area (Å²) in [6, 6.07) is 13.6. The predicted octanol–water partition coefficient (Wildman–Crippen LogP) is 3.46. The van der Waals surface area contributed by atoms with Crippen molar-refractivity contribution in [3.63, 3.8) is 0 Å². The van der Waals surface area contributed by atoms with Crippen molar-refractivity contribution in [1.82, 2.24) is 5.32 Å². The SMILES string of the molecule is O=C(NCC(O)c1ccc(Cl)cc1Cl)c1ccccc1. The smallest absolute Gasteiger partial charge is 0.251 e. The Labute approximate surface area is 127 Å². The lowest BCUT2D eigenvalue weighted by atomic mass is 10.1. The van der Waals surface area contributed by atoms with Gasteiger partial charge in [-0.25, -0.2) is 0 Å². The lowest BCUT2D eigenvalue weighted by Crippen LogP contribution is -2.28. The number of rotatable bonds is 4. The first-order valence-corrected chi connectivity index (χ1v) is 6.80. The number of carbonyl (C=O) groups excluding carboxylic acids is 1. The highest BCUT2D eigenvalue weighted by Crippen LogP contribution is 2.25. The zero-order chi connectivity index (χ0) is 14.5. The number of aliphatic hydroxyl groups excluding tert-OH is 1. The van der Waals surface area contributed by atoms with Gasteiger partial charge in [-0.1, -0.05) is 47.5 Å². The van der Waals surface area contributed by atoms with Crippen LogP contribution in [0.25, 0.3) is 0 Å². The molecule has 1 amide bonds. The molecule has 0 aliphatic rings. The minimum atomic E-state index is -0.882. The van der Waals surface area contributed by atoms with Crippen LogP contribution in [0.5, 0.6) is 0 Å². The molecule has 0 aliphatic carbocycles. The van der Waals surface area contributed by atoms with Gasteiger partial charge in [0, 0.05) is 27.7 Å². The van der Waals surface area contributed by atoms with Gasteiger partial charge in [-0.05, 0) is 24.3 Å². The third kappa shape index (κ3) is 3.73. The Balaban J connectivity index is 1.98. The van der Waals surface area contributed by atoms with E-state index in [0.717, 1.165) is 0 Å². The average Bonchev–Trinajstić information content (AvgIpc) is 2.45. The standard InChI is InChI=1S/C15H13Cl2NO2/c16-11-6-7-12(13(17)8-11)14(19)9-18-15(20)10-4-2-1-3-5-10/h1-8,14,19H,9H2,(H,18,20). The Morgan fingerprint density at radius 3 is 2.50 bits per heavy atom. The number of benzene rings is 2. The molecule has 5 heteroatoms. The topological polar surface area (TPSA) is 49.3 Å². The molecule has 0 aliphatic heterocycles. The molecule has 0 saturated heterocycles. The van der Waals surface area contributed by atoms with E-state index in [1.54, 1.807) is 42.5 Å². The second kappa shape index (κ2) is 6.75. The number of hydrogen-bond donors (Lipinski definition) is 2. The third-order valence-corrected chi connectivity index (χ3v) is 3.38. The maximum Gasteiger partial charge on any atom is 0.251 e. The maximum absolute atomic E-state index is 11.8. The summed E-state index contributed by atoms with van der Waals surface area (Å²) in [5.41, 5.74) is 1.08. The van der Waals surface area contributed by atoms with E-state index in [-0.39, 0.29) is 12.5 Å². The number of carbonyl (C=O) groups is 1. The fourth-order valence-corrected chi connectivity index (χ4v) is 2.30. The molecule has 0 bridgehead atoms. The van der Waals surface area contributed by atoms with Crippen molar-refractivity contribution in [3.05, 3.63) is 69.7 Å². The van der Waals surface area contributed by atoms with E-state index in [2.05, 4.69) is 5.32 Å². The summed E-state index contributed by atoms with van der Waals surface area (Å²) >= 11 is 11.8. The van der Waals surface area contributed by atoms with Gasteiger partial charge in [-0.3, -0.25) is 4.79 Å². The number of aliphatic hydroxyl groups is 1. The summed E-state index contributed by atoms with van der Waals surface area (Å²) in [4.78, 5) is 11.8. The van der Waals surface area contributed by atoms with Gasteiger partial charge in [0.15, 0.2) is 0 Å². The summed E-state index contributed by atoms with van der Waals surface area (Å²) in [6.45, 7) is 0.0785. The van der Waals surface area contributed by atoms with Gasteiger partial charge < -0.3 is 10.4 Å². The Morgan fingerprint density at radius 1 is 1.15 bits per heavy atom. The molecule has 0 aromatic heterocycles. The monoisotopic (exact) mass is 309 g/mol. The van der Waals surface area contributed by atoms with Crippen LogP contribution in [0.2, 0.25) is 10.0 Å². The Hall–Kier alpha value is -1.55. The number of amides is 1. The lowest BCUT2D eigenvalue weighted by molar-refractivity contribution is 0.0916. The predicted molar refractivity (Wildman–Crippen MR) is 80.2 cm³/mol. The Bertz CT molecular complexity index is 602. The van der Waals surface area contributed by atoms with E-state index in [4.69, 9.17) is 23.2 Å². The second-order valence-electron chi connectivity index (χ2n) is 4.26. The van der Waals surface area contributed by atoms with E-state index in [0.29, 0.717) is 21.2 Å². The van der Waals surface area contributed by atoms with Crippen molar-refractivity contribution >= 4 is 29.1 Å². The molecule has 2 N–H and O–H groups in total. The van der Waals surface area contributed by atoms with Gasteiger partial charge in [0.1, 0.15) is 0 Å². The van der Waals surface area contributed by atoms with Crippen LogP contribution >= 0.6 is 23.2 Å². The van der Waals surface area contributed by atoms with Gasteiger partial charge in [-0.15, -0.1) is 0 Å². The lowest BCUT2D eigenvalue weighted by Gasteiger charge is -2.14. The van der Waals surface area contributed by atoms with Crippen LogP contribution in [0, 0.1) is 0 Å². The van der Waals surface area contributed by atoms with E-state index in [1.807, 2.05) is 6.07 Å². The fraction of sp³-hybridized carbons (Fsp3) is 0.133. The highest BCUT2D eigenvalue weighted by atomic mass is 35.5. The van der Waals surface area contributed by atoms with Gasteiger partial charge in [0.05, 0.1) is 6.10 Å². The molecule has 0 spiro atoms. The molecule has 2 aromatic rings. The van der Waals surface area contributed by atoms with Crippen LogP contribution in [0.15, 0.2) is 48.5 Å². The van der Waals surface area contributed by atoms with E-state index < -0.39 is 6.10 Å².